The van der Waals surface area contributed by atoms with Gasteiger partial charge in [-0.1, -0.05) is 315 Å². The van der Waals surface area contributed by atoms with Crippen LogP contribution in [0.15, 0.2) is 315 Å². The Morgan fingerprint density at radius 3 is 0.920 bits per heavy atom. The van der Waals surface area contributed by atoms with Gasteiger partial charge in [-0.05, 0) is 136 Å². The van der Waals surface area contributed by atoms with E-state index < -0.39 is 5.92 Å². The van der Waals surface area contributed by atoms with Gasteiger partial charge in [-0.2, -0.15) is 0 Å². The summed E-state index contributed by atoms with van der Waals surface area (Å²) in [6.45, 7) is 2.16. The highest BCUT2D eigenvalue weighted by Crippen LogP contribution is 2.55. The molecule has 0 spiro atoms. The Kier molecular flexibility index (Phi) is 14.8. The Morgan fingerprint density at radius 2 is 0.517 bits per heavy atom. The fourth-order valence-electron chi connectivity index (χ4n) is 13.1. The van der Waals surface area contributed by atoms with Gasteiger partial charge in [0.2, 0.25) is 0 Å². The predicted molar refractivity (Wildman–Crippen MR) is 364 cm³/mol. The minimum absolute atomic E-state index is 0.0127. The van der Waals surface area contributed by atoms with E-state index in [1.165, 1.54) is 0 Å². The van der Waals surface area contributed by atoms with Gasteiger partial charge in [-0.3, -0.25) is 9.59 Å². The number of benzene rings is 11. The molecule has 20 rings (SSSR count). The molecule has 2 atom stereocenters. The lowest BCUT2D eigenvalue weighted by Crippen LogP contribution is -2.15. The van der Waals surface area contributed by atoms with Crippen molar-refractivity contribution in [3.05, 3.63) is 398 Å². The number of hydrogen-bond donors (Lipinski definition) is 0. The average Bonchev–Trinajstić information content (AvgIpc) is 1.87. The Bertz CT molecular complexity index is 4590. The molecule has 2 nitrogen and oxygen atoms in total. The molecule has 412 valence electrons. The molecule has 0 N–H and O–H groups in total. The van der Waals surface area contributed by atoms with Crippen LogP contribution < -0.4 is 0 Å². The molecule has 9 aliphatic rings. The highest BCUT2D eigenvalue weighted by atomic mass is 16.1. The number of Topliss-reactive ketones (excluding diaryl/α,β-unsaturated/α-hetero) is 2. The number of carbonyl (C=O) groups excluding carboxylic acids is 2. The standard InChI is InChI=1S/C85H60O2/c1-57-53-58-37-45-69(46-38-58)80-76(65-29-15-5-16-30-65)77(66-31-17-6-18-32-66)82(84(80)86)71-49-41-60(42-50-71)55-74(63-25-11-3-12-26-63)75(64-27-13-4-14-28-64)56-61-43-51-72(52-44-61)83-79(68-35-21-8-22-36-68)78(67-33-19-7-20-34-67)81(85(83)87)70-47-39-59(40-48-70)54-73(57)62-23-9-2-10-24-62/h2-56,78,81H,1H3/b57-53-,73-54+,74-55-,75-56-/t78?,81-/m1/s1. The fourth-order valence-corrected chi connectivity index (χ4v) is 13.1. The molecule has 2 heteroatoms. The van der Waals surface area contributed by atoms with Crippen molar-refractivity contribution in [1.82, 2.24) is 0 Å². The van der Waals surface area contributed by atoms with Crippen LogP contribution in [-0.4, -0.2) is 11.6 Å². The van der Waals surface area contributed by atoms with Gasteiger partial charge in [0.05, 0.1) is 5.92 Å². The van der Waals surface area contributed by atoms with Crippen LogP contribution in [-0.2, 0) is 9.59 Å². The van der Waals surface area contributed by atoms with Crippen LogP contribution in [0.4, 0.5) is 0 Å². The maximum atomic E-state index is 15.8. The predicted octanol–water partition coefficient (Wildman–Crippen LogP) is 20.6. The molecule has 11 aromatic carbocycles. The third kappa shape index (κ3) is 10.7. The maximum Gasteiger partial charge on any atom is 0.195 e. The molecule has 87 heavy (non-hydrogen) atoms. The van der Waals surface area contributed by atoms with Crippen molar-refractivity contribution < 1.29 is 9.59 Å². The van der Waals surface area contributed by atoms with Crippen molar-refractivity contribution in [2.75, 3.05) is 0 Å². The highest BCUT2D eigenvalue weighted by molar-refractivity contribution is 6.59. The molecule has 0 saturated heterocycles. The topological polar surface area (TPSA) is 34.1 Å². The van der Waals surface area contributed by atoms with E-state index in [1.807, 2.05) is 54.6 Å². The van der Waals surface area contributed by atoms with Crippen molar-refractivity contribution in [1.29, 1.82) is 0 Å². The molecule has 1 unspecified atom stereocenters. The highest BCUT2D eigenvalue weighted by Gasteiger charge is 2.44. The first-order valence-electron chi connectivity index (χ1n) is 29.9. The Labute approximate surface area is 509 Å². The van der Waals surface area contributed by atoms with Crippen LogP contribution in [0.2, 0.25) is 0 Å². The summed E-state index contributed by atoms with van der Waals surface area (Å²) < 4.78 is 0. The summed E-state index contributed by atoms with van der Waals surface area (Å²) in [5, 5.41) is 0. The third-order valence-electron chi connectivity index (χ3n) is 17.2. The lowest BCUT2D eigenvalue weighted by Gasteiger charge is -2.23. The van der Waals surface area contributed by atoms with E-state index >= 15 is 9.59 Å². The van der Waals surface area contributed by atoms with Crippen LogP contribution in [0.25, 0.3) is 74.5 Å². The number of allylic oxidation sites excluding steroid dienone is 10. The Morgan fingerprint density at radius 1 is 0.230 bits per heavy atom. The van der Waals surface area contributed by atoms with Gasteiger partial charge in [0.15, 0.2) is 11.6 Å². The molecular weight excluding hydrogens is 1050 g/mol. The Hall–Kier alpha value is -11.1. The molecule has 0 heterocycles. The fraction of sp³-hybridized carbons (Fsp3) is 0.0353. The molecule has 0 fully saturated rings. The van der Waals surface area contributed by atoms with Crippen LogP contribution in [0.1, 0.15) is 102 Å². The minimum Gasteiger partial charge on any atom is -0.293 e. The molecule has 11 aromatic rings. The van der Waals surface area contributed by atoms with Gasteiger partial charge in [-0.25, -0.2) is 0 Å². The summed E-state index contributed by atoms with van der Waals surface area (Å²) >= 11 is 0. The van der Waals surface area contributed by atoms with Gasteiger partial charge >= 0.3 is 0 Å². The summed E-state index contributed by atoms with van der Waals surface area (Å²) in [7, 11) is 0. The molecule has 0 radical (unpaired) electrons. The number of hydrogen-bond acceptors (Lipinski definition) is 2. The number of ketones is 2. The Balaban J connectivity index is 0.992. The molecule has 0 amide bonds. The van der Waals surface area contributed by atoms with E-state index in [2.05, 4.69) is 286 Å². The van der Waals surface area contributed by atoms with Crippen molar-refractivity contribution in [3.63, 3.8) is 0 Å². The summed E-state index contributed by atoms with van der Waals surface area (Å²) in [5.74, 6) is -0.627. The SMILES string of the molecule is CC1=C/c2ccc(cc2)C2=C(c3ccccc3)C(c3ccccc3)=C(C2=O)c2ccc(cc2)/C=C(c2ccccc2)\C(c2ccccc2)=C/c2ccc(cc2)C2=C(c3ccccc3)C(c3ccccc3)[C@H](C2=O)c2ccc(cc2)/C=C\1c1ccccc1. The van der Waals surface area contributed by atoms with Gasteiger partial charge in [0, 0.05) is 33.8 Å². The van der Waals surface area contributed by atoms with Gasteiger partial charge < -0.3 is 0 Å². The number of rotatable bonds is 7. The second-order valence-electron chi connectivity index (χ2n) is 22.6. The zero-order chi connectivity index (χ0) is 58.6. The van der Waals surface area contributed by atoms with Crippen molar-refractivity contribution in [3.8, 4) is 0 Å². The second kappa shape index (κ2) is 23.9. The largest absolute Gasteiger partial charge is 0.293 e. The van der Waals surface area contributed by atoms with Crippen LogP contribution in [0.5, 0.6) is 0 Å². The van der Waals surface area contributed by atoms with Crippen LogP contribution >= 0.6 is 0 Å². The zero-order valence-electron chi connectivity index (χ0n) is 48.2. The lowest BCUT2D eigenvalue weighted by molar-refractivity contribution is -0.114. The molecule has 0 aromatic heterocycles. The lowest BCUT2D eigenvalue weighted by atomic mass is 9.78. The van der Waals surface area contributed by atoms with E-state index in [0.717, 1.165) is 128 Å². The monoisotopic (exact) mass is 1110 g/mol. The van der Waals surface area contributed by atoms with Gasteiger partial charge in [0.1, 0.15) is 0 Å². The van der Waals surface area contributed by atoms with E-state index in [4.69, 9.17) is 0 Å². The second-order valence-corrected chi connectivity index (χ2v) is 22.6. The van der Waals surface area contributed by atoms with E-state index in [-0.39, 0.29) is 17.5 Å². The van der Waals surface area contributed by atoms with Crippen LogP contribution in [0, 0.1) is 0 Å². The molecule has 9 aliphatic carbocycles. The summed E-state index contributed by atoms with van der Waals surface area (Å²) in [6.07, 6.45) is 9.00. The smallest absolute Gasteiger partial charge is 0.195 e. The van der Waals surface area contributed by atoms with E-state index in [0.29, 0.717) is 11.1 Å². The van der Waals surface area contributed by atoms with Crippen molar-refractivity contribution >= 4 is 86.0 Å². The number of carbonyl (C=O) groups is 2. The first kappa shape index (κ1) is 53.9. The van der Waals surface area contributed by atoms with E-state index in [9.17, 15) is 0 Å². The first-order chi connectivity index (χ1) is 42.9. The minimum atomic E-state index is -0.475. The first-order valence-corrected chi connectivity index (χ1v) is 29.9. The average molecular weight is 1110 g/mol. The van der Waals surface area contributed by atoms with Gasteiger partial charge in [-0.15, -0.1) is 0 Å². The van der Waals surface area contributed by atoms with E-state index in [1.54, 1.807) is 0 Å². The van der Waals surface area contributed by atoms with Crippen LogP contribution in [0.3, 0.4) is 0 Å². The van der Waals surface area contributed by atoms with Gasteiger partial charge in [0.25, 0.3) is 0 Å². The summed E-state index contributed by atoms with van der Waals surface area (Å²) in [6, 6.07) is 108. The summed E-state index contributed by atoms with van der Waals surface area (Å²) in [5.41, 5.74) is 24.0. The summed E-state index contributed by atoms with van der Waals surface area (Å²) in [4.78, 5) is 31.5. The zero-order valence-corrected chi connectivity index (χ0v) is 48.2. The molecule has 0 aliphatic heterocycles. The van der Waals surface area contributed by atoms with Crippen molar-refractivity contribution in [2.45, 2.75) is 18.8 Å². The quantitative estimate of drug-likeness (QED) is 0.159. The molecule has 12 bridgehead atoms. The molecule has 0 saturated carbocycles. The molecular formula is C85H60O2. The maximum absolute atomic E-state index is 15.8. The third-order valence-corrected chi connectivity index (χ3v) is 17.2. The normalized spacial score (nSPS) is 18.4. The van der Waals surface area contributed by atoms with Crippen molar-refractivity contribution in [2.24, 2.45) is 0 Å².